The van der Waals surface area contributed by atoms with Crippen LogP contribution in [0.4, 0.5) is 5.82 Å². The first-order valence-electron chi connectivity index (χ1n) is 10.0. The van der Waals surface area contributed by atoms with E-state index in [1.165, 1.54) is 42.8 Å². The van der Waals surface area contributed by atoms with Crippen LogP contribution in [-0.2, 0) is 6.42 Å². The summed E-state index contributed by atoms with van der Waals surface area (Å²) in [5.74, 6) is 2.66. The highest BCUT2D eigenvalue weighted by Crippen LogP contribution is 2.37. The molecule has 0 aliphatic carbocycles. The summed E-state index contributed by atoms with van der Waals surface area (Å²) < 4.78 is 8.00. The Morgan fingerprint density at radius 1 is 1.19 bits per heavy atom. The van der Waals surface area contributed by atoms with Gasteiger partial charge in [0, 0.05) is 18.0 Å². The van der Waals surface area contributed by atoms with Gasteiger partial charge < -0.3 is 15.0 Å². The predicted molar refractivity (Wildman–Crippen MR) is 106 cm³/mol. The van der Waals surface area contributed by atoms with Gasteiger partial charge in [-0.1, -0.05) is 12.1 Å². The maximum atomic E-state index is 5.89. The van der Waals surface area contributed by atoms with Gasteiger partial charge in [0.05, 0.1) is 12.3 Å². The summed E-state index contributed by atoms with van der Waals surface area (Å²) in [5.41, 5.74) is 3.79. The number of aromatic nitrogens is 2. The van der Waals surface area contributed by atoms with Crippen molar-refractivity contribution in [1.29, 1.82) is 0 Å². The Morgan fingerprint density at radius 2 is 2.00 bits per heavy atom. The number of para-hydroxylation sites is 2. The highest BCUT2D eigenvalue weighted by atomic mass is 16.5. The fourth-order valence-corrected chi connectivity index (χ4v) is 4.22. The van der Waals surface area contributed by atoms with Gasteiger partial charge in [-0.2, -0.15) is 5.10 Å². The third kappa shape index (κ3) is 3.32. The molecular formula is C21H30N4O. The second kappa shape index (κ2) is 7.70. The first-order chi connectivity index (χ1) is 12.8. The van der Waals surface area contributed by atoms with Gasteiger partial charge in [-0.05, 0) is 71.3 Å². The second-order valence-corrected chi connectivity index (χ2v) is 7.49. The number of nitrogens with zero attached hydrogens (tertiary/aromatic N) is 3. The molecule has 0 saturated carbocycles. The number of piperidine rings is 1. The minimum atomic E-state index is 0.570. The lowest BCUT2D eigenvalue weighted by atomic mass is 9.90. The zero-order chi connectivity index (χ0) is 17.9. The molecule has 0 atom stereocenters. The lowest BCUT2D eigenvalue weighted by molar-refractivity contribution is 0.252. The molecule has 1 aromatic heterocycles. The van der Waals surface area contributed by atoms with E-state index in [1.807, 2.05) is 19.1 Å². The highest BCUT2D eigenvalue weighted by molar-refractivity contribution is 5.58. The summed E-state index contributed by atoms with van der Waals surface area (Å²) in [6.07, 6.45) is 5.98. The largest absolute Gasteiger partial charge is 0.492 e. The van der Waals surface area contributed by atoms with Crippen molar-refractivity contribution in [3.05, 3.63) is 35.5 Å². The summed E-state index contributed by atoms with van der Waals surface area (Å²) in [5, 5.41) is 8.82. The summed E-state index contributed by atoms with van der Waals surface area (Å²) in [7, 11) is 2.22. The van der Waals surface area contributed by atoms with E-state index in [9.17, 15) is 0 Å². The summed E-state index contributed by atoms with van der Waals surface area (Å²) in [6.45, 7) is 6.03. The van der Waals surface area contributed by atoms with Crippen molar-refractivity contribution in [2.75, 3.05) is 38.6 Å². The predicted octanol–water partition coefficient (Wildman–Crippen LogP) is 3.83. The van der Waals surface area contributed by atoms with Gasteiger partial charge >= 0.3 is 0 Å². The number of fused-ring (bicyclic) bond motifs is 1. The minimum Gasteiger partial charge on any atom is -0.492 e. The summed E-state index contributed by atoms with van der Waals surface area (Å²) >= 11 is 0. The summed E-state index contributed by atoms with van der Waals surface area (Å²) in [6, 6.07) is 8.25. The monoisotopic (exact) mass is 354 g/mol. The molecule has 4 rings (SSSR count). The van der Waals surface area contributed by atoms with E-state index in [4.69, 9.17) is 9.84 Å². The molecule has 2 aliphatic rings. The van der Waals surface area contributed by atoms with Crippen LogP contribution in [0.5, 0.6) is 5.75 Å². The van der Waals surface area contributed by atoms with Crippen LogP contribution < -0.4 is 10.1 Å². The Balaban J connectivity index is 1.78. The van der Waals surface area contributed by atoms with Gasteiger partial charge in [-0.25, -0.2) is 4.68 Å². The number of nitrogens with one attached hydrogen (secondary N) is 1. The highest BCUT2D eigenvalue weighted by Gasteiger charge is 2.28. The average molecular weight is 354 g/mol. The van der Waals surface area contributed by atoms with Gasteiger partial charge in [0.15, 0.2) is 0 Å². The number of benzene rings is 1. The molecular weight excluding hydrogens is 324 g/mol. The zero-order valence-corrected chi connectivity index (χ0v) is 16.0. The summed E-state index contributed by atoms with van der Waals surface area (Å²) in [4.78, 5) is 2.43. The topological polar surface area (TPSA) is 42.3 Å². The maximum absolute atomic E-state index is 5.89. The standard InChI is InChI=1S/C21H30N4O/c1-3-26-19-10-5-4-9-18(19)25-21-17(8-6-7-13-22-21)20(23-25)16-11-14-24(2)15-12-16/h4-5,9-10,16,22H,3,6-8,11-15H2,1-2H3. The molecule has 1 aromatic carbocycles. The van der Waals surface area contributed by atoms with Crippen LogP contribution >= 0.6 is 0 Å². The van der Waals surface area contributed by atoms with Crippen LogP contribution in [0.25, 0.3) is 5.69 Å². The van der Waals surface area contributed by atoms with Crippen LogP contribution in [0.1, 0.15) is 49.8 Å². The Morgan fingerprint density at radius 3 is 2.81 bits per heavy atom. The zero-order valence-electron chi connectivity index (χ0n) is 16.0. The van der Waals surface area contributed by atoms with Gasteiger partial charge in [0.2, 0.25) is 0 Å². The molecule has 2 aromatic rings. The number of likely N-dealkylation sites (tertiary alicyclic amines) is 1. The molecule has 2 aliphatic heterocycles. The molecule has 0 radical (unpaired) electrons. The maximum Gasteiger partial charge on any atom is 0.145 e. The molecule has 0 unspecified atom stereocenters. The molecule has 26 heavy (non-hydrogen) atoms. The molecule has 3 heterocycles. The third-order valence-corrected chi connectivity index (χ3v) is 5.66. The number of hydrogen-bond acceptors (Lipinski definition) is 4. The van der Waals surface area contributed by atoms with Gasteiger partial charge in [0.25, 0.3) is 0 Å². The molecule has 1 N–H and O–H groups in total. The van der Waals surface area contributed by atoms with Gasteiger partial charge in [-0.15, -0.1) is 0 Å². The van der Waals surface area contributed by atoms with E-state index in [0.717, 1.165) is 37.5 Å². The Labute approximate surface area is 156 Å². The fourth-order valence-electron chi connectivity index (χ4n) is 4.22. The molecule has 5 nitrogen and oxygen atoms in total. The average Bonchev–Trinajstić information content (AvgIpc) is 2.85. The van der Waals surface area contributed by atoms with Crippen molar-refractivity contribution in [1.82, 2.24) is 14.7 Å². The third-order valence-electron chi connectivity index (χ3n) is 5.66. The Hall–Kier alpha value is -2.01. The van der Waals surface area contributed by atoms with Crippen molar-refractivity contribution < 1.29 is 4.74 Å². The first-order valence-corrected chi connectivity index (χ1v) is 10.0. The first kappa shape index (κ1) is 17.4. The van der Waals surface area contributed by atoms with Crippen LogP contribution in [0.3, 0.4) is 0 Å². The molecule has 0 bridgehead atoms. The quantitative estimate of drug-likeness (QED) is 0.906. The minimum absolute atomic E-state index is 0.570. The SMILES string of the molecule is CCOc1ccccc1-n1nc(C2CCN(C)CC2)c2c1NCCCC2. The fraction of sp³-hybridized carbons (Fsp3) is 0.571. The second-order valence-electron chi connectivity index (χ2n) is 7.49. The number of ether oxygens (including phenoxy) is 1. The Kier molecular flexibility index (Phi) is 5.16. The number of hydrogen-bond donors (Lipinski definition) is 1. The normalized spacial score (nSPS) is 18.8. The van der Waals surface area contributed by atoms with Crippen molar-refractivity contribution >= 4 is 5.82 Å². The van der Waals surface area contributed by atoms with E-state index in [2.05, 4.69) is 34.1 Å². The van der Waals surface area contributed by atoms with Crippen LogP contribution in [0, 0.1) is 0 Å². The van der Waals surface area contributed by atoms with Crippen LogP contribution in [0.2, 0.25) is 0 Å². The van der Waals surface area contributed by atoms with Crippen LogP contribution in [-0.4, -0.2) is 48.0 Å². The van der Waals surface area contributed by atoms with E-state index < -0.39 is 0 Å². The lowest BCUT2D eigenvalue weighted by Gasteiger charge is -2.28. The van der Waals surface area contributed by atoms with E-state index in [1.54, 1.807) is 0 Å². The number of anilines is 1. The molecule has 0 spiro atoms. The molecule has 140 valence electrons. The molecule has 1 saturated heterocycles. The lowest BCUT2D eigenvalue weighted by Crippen LogP contribution is -2.29. The molecule has 5 heteroatoms. The van der Waals surface area contributed by atoms with Gasteiger partial charge in [0.1, 0.15) is 17.3 Å². The molecule has 0 amide bonds. The van der Waals surface area contributed by atoms with Gasteiger partial charge in [-0.3, -0.25) is 0 Å². The van der Waals surface area contributed by atoms with Crippen molar-refractivity contribution in [2.24, 2.45) is 0 Å². The molecule has 1 fully saturated rings. The van der Waals surface area contributed by atoms with E-state index in [0.29, 0.717) is 12.5 Å². The van der Waals surface area contributed by atoms with Crippen molar-refractivity contribution in [3.63, 3.8) is 0 Å². The van der Waals surface area contributed by atoms with E-state index >= 15 is 0 Å². The van der Waals surface area contributed by atoms with Crippen molar-refractivity contribution in [3.8, 4) is 11.4 Å². The van der Waals surface area contributed by atoms with Crippen LogP contribution in [0.15, 0.2) is 24.3 Å². The van der Waals surface area contributed by atoms with E-state index in [-0.39, 0.29) is 0 Å². The number of rotatable bonds is 4. The smallest absolute Gasteiger partial charge is 0.145 e. The van der Waals surface area contributed by atoms with Crippen molar-refractivity contribution in [2.45, 2.75) is 44.9 Å². The Bertz CT molecular complexity index is 746.